The Kier molecular flexibility index (Phi) is 5.98. The fourth-order valence-corrected chi connectivity index (χ4v) is 2.96. The Hall–Kier alpha value is -3.75. The van der Waals surface area contributed by atoms with Gasteiger partial charge in [0.25, 0.3) is 0 Å². The number of morpholine rings is 1. The normalized spacial score (nSPS) is 15.9. The maximum absolute atomic E-state index is 8.82. The summed E-state index contributed by atoms with van der Waals surface area (Å²) in [7, 11) is 1.57. The van der Waals surface area contributed by atoms with E-state index in [9.17, 15) is 0 Å². The minimum Gasteiger partial charge on any atom is -0.494 e. The average molecular weight is 408 g/mol. The van der Waals surface area contributed by atoms with Gasteiger partial charge in [-0.3, -0.25) is 10.1 Å². The Balaban J connectivity index is 1.54. The van der Waals surface area contributed by atoms with Gasteiger partial charge in [-0.05, 0) is 0 Å². The first-order valence-corrected chi connectivity index (χ1v) is 9.29. The van der Waals surface area contributed by atoms with Crippen molar-refractivity contribution in [2.45, 2.75) is 6.10 Å². The molecule has 3 aromatic rings. The molecule has 0 aliphatic carbocycles. The molecule has 11 nitrogen and oxygen atoms in total. The van der Waals surface area contributed by atoms with Crippen LogP contribution in [0.3, 0.4) is 0 Å². The highest BCUT2D eigenvalue weighted by Crippen LogP contribution is 2.37. The largest absolute Gasteiger partial charge is 0.494 e. The summed E-state index contributed by atoms with van der Waals surface area (Å²) in [4.78, 5) is 12.3. The number of hydrogen-bond acceptors (Lipinski definition) is 10. The van der Waals surface area contributed by atoms with Crippen molar-refractivity contribution in [3.05, 3.63) is 36.5 Å². The van der Waals surface area contributed by atoms with Gasteiger partial charge >= 0.3 is 0 Å². The lowest BCUT2D eigenvalue weighted by atomic mass is 10.1. The zero-order valence-corrected chi connectivity index (χ0v) is 16.3. The van der Waals surface area contributed by atoms with Gasteiger partial charge in [-0.1, -0.05) is 0 Å². The SMILES string of the molecule is COc1cncc(OCC2CNCCO2)c1-c1cc(Nc2cnc(C#N)cn2)n[nH]1. The summed E-state index contributed by atoms with van der Waals surface area (Å²) >= 11 is 0. The van der Waals surface area contributed by atoms with E-state index < -0.39 is 0 Å². The van der Waals surface area contributed by atoms with Crippen LogP contribution in [0.2, 0.25) is 0 Å². The molecule has 11 heteroatoms. The van der Waals surface area contributed by atoms with Crippen molar-refractivity contribution in [2.75, 3.05) is 38.7 Å². The minimum atomic E-state index is -0.0354. The maximum atomic E-state index is 8.82. The Labute approximate surface area is 172 Å². The van der Waals surface area contributed by atoms with E-state index in [4.69, 9.17) is 19.5 Å². The molecule has 0 aromatic carbocycles. The van der Waals surface area contributed by atoms with Crippen LogP contribution in [-0.2, 0) is 4.74 Å². The predicted molar refractivity (Wildman–Crippen MR) is 107 cm³/mol. The first-order valence-electron chi connectivity index (χ1n) is 9.29. The molecular formula is C19H20N8O3. The van der Waals surface area contributed by atoms with Gasteiger partial charge in [0, 0.05) is 19.2 Å². The number of aromatic nitrogens is 5. The summed E-state index contributed by atoms with van der Waals surface area (Å²) in [5.41, 5.74) is 1.61. The molecule has 154 valence electrons. The van der Waals surface area contributed by atoms with Crippen molar-refractivity contribution in [2.24, 2.45) is 0 Å². The van der Waals surface area contributed by atoms with Crippen LogP contribution in [0.25, 0.3) is 11.3 Å². The van der Waals surface area contributed by atoms with Crippen molar-refractivity contribution >= 4 is 11.6 Å². The molecule has 0 saturated carbocycles. The molecule has 1 aliphatic heterocycles. The quantitative estimate of drug-likeness (QED) is 0.522. The van der Waals surface area contributed by atoms with Crippen LogP contribution >= 0.6 is 0 Å². The van der Waals surface area contributed by atoms with E-state index in [1.165, 1.54) is 12.4 Å². The number of pyridine rings is 1. The second-order valence-corrected chi connectivity index (χ2v) is 6.41. The van der Waals surface area contributed by atoms with Gasteiger partial charge in [0.1, 0.15) is 30.3 Å². The van der Waals surface area contributed by atoms with Crippen molar-refractivity contribution in [1.82, 2.24) is 30.5 Å². The van der Waals surface area contributed by atoms with Gasteiger partial charge < -0.3 is 24.8 Å². The van der Waals surface area contributed by atoms with Crippen LogP contribution in [0.15, 0.2) is 30.9 Å². The average Bonchev–Trinajstić information content (AvgIpc) is 3.26. The highest BCUT2D eigenvalue weighted by atomic mass is 16.5. The topological polar surface area (TPSA) is 143 Å². The number of ether oxygens (including phenoxy) is 3. The number of methoxy groups -OCH3 is 1. The van der Waals surface area contributed by atoms with Crippen LogP contribution in [0, 0.1) is 11.3 Å². The van der Waals surface area contributed by atoms with E-state index >= 15 is 0 Å². The van der Waals surface area contributed by atoms with Crippen molar-refractivity contribution in [1.29, 1.82) is 5.26 Å². The highest BCUT2D eigenvalue weighted by molar-refractivity contribution is 5.75. The van der Waals surface area contributed by atoms with Gasteiger partial charge in [0.15, 0.2) is 17.3 Å². The molecule has 1 atom stereocenters. The molecule has 4 rings (SSSR count). The van der Waals surface area contributed by atoms with Gasteiger partial charge in [-0.2, -0.15) is 10.4 Å². The predicted octanol–water partition coefficient (Wildman–Crippen LogP) is 1.25. The van der Waals surface area contributed by atoms with Crippen LogP contribution < -0.4 is 20.1 Å². The molecular weight excluding hydrogens is 388 g/mol. The summed E-state index contributed by atoms with van der Waals surface area (Å²) in [6, 6.07) is 3.72. The Morgan fingerprint density at radius 1 is 1.23 bits per heavy atom. The number of nitrogens with one attached hydrogen (secondary N) is 3. The molecule has 3 aromatic heterocycles. The number of rotatable bonds is 7. The van der Waals surface area contributed by atoms with Crippen LogP contribution in [0.4, 0.5) is 11.6 Å². The number of hydrogen-bond donors (Lipinski definition) is 3. The number of H-pyrrole nitrogens is 1. The number of nitrogens with zero attached hydrogens (tertiary/aromatic N) is 5. The summed E-state index contributed by atoms with van der Waals surface area (Å²) in [6.07, 6.45) is 6.06. The summed E-state index contributed by atoms with van der Waals surface area (Å²) in [5, 5.41) is 22.4. The summed E-state index contributed by atoms with van der Waals surface area (Å²) in [6.45, 7) is 2.62. The highest BCUT2D eigenvalue weighted by Gasteiger charge is 2.19. The fourth-order valence-electron chi connectivity index (χ4n) is 2.96. The third-order valence-corrected chi connectivity index (χ3v) is 4.40. The van der Waals surface area contributed by atoms with E-state index in [1.54, 1.807) is 25.6 Å². The lowest BCUT2D eigenvalue weighted by Crippen LogP contribution is -2.41. The molecule has 1 fully saturated rings. The Morgan fingerprint density at radius 2 is 2.13 bits per heavy atom. The first kappa shape index (κ1) is 19.6. The second kappa shape index (κ2) is 9.17. The Morgan fingerprint density at radius 3 is 2.87 bits per heavy atom. The van der Waals surface area contributed by atoms with E-state index in [-0.39, 0.29) is 11.8 Å². The number of nitriles is 1. The van der Waals surface area contributed by atoms with Gasteiger partial charge in [0.2, 0.25) is 0 Å². The maximum Gasteiger partial charge on any atom is 0.158 e. The Bertz CT molecular complexity index is 1030. The number of aromatic amines is 1. The first-order chi connectivity index (χ1) is 14.8. The van der Waals surface area contributed by atoms with Crippen molar-refractivity contribution < 1.29 is 14.2 Å². The van der Waals surface area contributed by atoms with Gasteiger partial charge in [-0.25, -0.2) is 9.97 Å². The molecule has 0 bridgehead atoms. The summed E-state index contributed by atoms with van der Waals surface area (Å²) in [5.74, 6) is 2.08. The zero-order chi connectivity index (χ0) is 20.8. The third kappa shape index (κ3) is 4.45. The summed E-state index contributed by atoms with van der Waals surface area (Å²) < 4.78 is 17.2. The molecule has 4 heterocycles. The van der Waals surface area contributed by atoms with Crippen LogP contribution in [0.1, 0.15) is 5.69 Å². The van der Waals surface area contributed by atoms with Crippen LogP contribution in [0.5, 0.6) is 11.5 Å². The van der Waals surface area contributed by atoms with E-state index in [0.29, 0.717) is 47.6 Å². The van der Waals surface area contributed by atoms with Gasteiger partial charge in [0.05, 0.1) is 49.8 Å². The standard InChI is InChI=1S/C19H20N8O3/c1-28-15-8-22-9-16(30-11-13-7-21-2-3-29-13)19(15)14-4-17(27-26-14)25-18-10-23-12(5-20)6-24-18/h4,6,8-10,13,21H,2-3,7,11H2,1H3,(H2,24,25,26,27). The van der Waals surface area contributed by atoms with E-state index in [0.717, 1.165) is 13.1 Å². The smallest absolute Gasteiger partial charge is 0.158 e. The molecule has 0 radical (unpaired) electrons. The lowest BCUT2D eigenvalue weighted by molar-refractivity contribution is 0.000209. The van der Waals surface area contributed by atoms with Crippen molar-refractivity contribution in [3.8, 4) is 28.8 Å². The third-order valence-electron chi connectivity index (χ3n) is 4.40. The van der Waals surface area contributed by atoms with E-state index in [2.05, 4.69) is 35.8 Å². The second-order valence-electron chi connectivity index (χ2n) is 6.41. The molecule has 30 heavy (non-hydrogen) atoms. The molecule has 3 N–H and O–H groups in total. The molecule has 1 unspecified atom stereocenters. The van der Waals surface area contributed by atoms with E-state index in [1.807, 2.05) is 6.07 Å². The number of anilines is 2. The van der Waals surface area contributed by atoms with Crippen LogP contribution in [-0.4, -0.2) is 64.7 Å². The minimum absolute atomic E-state index is 0.0354. The zero-order valence-electron chi connectivity index (χ0n) is 16.3. The fraction of sp³-hybridized carbons (Fsp3) is 0.316. The van der Waals surface area contributed by atoms with Crippen molar-refractivity contribution in [3.63, 3.8) is 0 Å². The molecule has 1 aliphatic rings. The monoisotopic (exact) mass is 408 g/mol. The molecule has 0 amide bonds. The molecule has 1 saturated heterocycles. The lowest BCUT2D eigenvalue weighted by Gasteiger charge is -2.24. The van der Waals surface area contributed by atoms with Gasteiger partial charge in [-0.15, -0.1) is 0 Å². The molecule has 0 spiro atoms.